The molecule has 2 aromatic carbocycles. The summed E-state index contributed by atoms with van der Waals surface area (Å²) in [4.78, 5) is 12.7. The van der Waals surface area contributed by atoms with Crippen molar-refractivity contribution in [2.24, 2.45) is 5.41 Å². The van der Waals surface area contributed by atoms with Gasteiger partial charge in [0.15, 0.2) is 12.1 Å². The van der Waals surface area contributed by atoms with E-state index in [9.17, 15) is 25.2 Å². The number of aliphatic hydroxyl groups excluding tert-OH is 3. The lowest BCUT2D eigenvalue weighted by molar-refractivity contribution is -0.0490. The van der Waals surface area contributed by atoms with E-state index >= 15 is 0 Å². The molecule has 0 radical (unpaired) electrons. The highest BCUT2D eigenvalue weighted by Gasteiger charge is 2.38. The summed E-state index contributed by atoms with van der Waals surface area (Å²) >= 11 is 0. The molecule has 0 bridgehead atoms. The molecule has 0 saturated carbocycles. The SMILES string of the molecule is O=C1CC(CO)(CO)Cc2ccc(-c3ccc(-c4ccc5c(c4)C=CC5C(O)O)o3)cc21. The number of carbonyl (C=O) groups excluding carboxylic acids is 1. The lowest BCUT2D eigenvalue weighted by Crippen LogP contribution is -2.38. The van der Waals surface area contributed by atoms with Crippen LogP contribution in [0.15, 0.2) is 59.0 Å². The van der Waals surface area contributed by atoms with Crippen molar-refractivity contribution >= 4 is 11.9 Å². The Bertz CT molecular complexity index is 1210. The number of furan rings is 1. The standard InChI is InChI=1S/C26H24O6/c27-13-26(14-28)11-18-2-1-17(10-21(18)22(29)12-26)24-8-7-23(32-24)16-4-5-19-15(9-16)3-6-20(19)25(30)31/h1-10,20,25,27-28,30-31H,11-14H2. The third-order valence-electron chi connectivity index (χ3n) is 6.61. The first kappa shape index (κ1) is 20.8. The molecule has 0 saturated heterocycles. The Balaban J connectivity index is 1.44. The maximum Gasteiger partial charge on any atom is 0.163 e. The van der Waals surface area contributed by atoms with Crippen molar-refractivity contribution in [1.29, 1.82) is 0 Å². The van der Waals surface area contributed by atoms with Crippen LogP contribution in [-0.2, 0) is 6.42 Å². The molecule has 0 aliphatic heterocycles. The summed E-state index contributed by atoms with van der Waals surface area (Å²) in [5.41, 5.74) is 4.09. The smallest absolute Gasteiger partial charge is 0.163 e. The van der Waals surface area contributed by atoms with E-state index in [-0.39, 0.29) is 25.4 Å². The van der Waals surface area contributed by atoms with Crippen LogP contribution in [0.5, 0.6) is 0 Å². The molecule has 0 amide bonds. The van der Waals surface area contributed by atoms with E-state index in [1.54, 1.807) is 6.08 Å². The Hall–Kier alpha value is -3.03. The molecule has 0 spiro atoms. The lowest BCUT2D eigenvalue weighted by atomic mass is 9.71. The highest BCUT2D eigenvalue weighted by Crippen LogP contribution is 2.39. The Labute approximate surface area is 185 Å². The summed E-state index contributed by atoms with van der Waals surface area (Å²) < 4.78 is 6.09. The molecule has 2 aliphatic carbocycles. The molecule has 32 heavy (non-hydrogen) atoms. The van der Waals surface area contributed by atoms with E-state index in [1.807, 2.05) is 54.6 Å². The van der Waals surface area contributed by atoms with Crippen LogP contribution in [0.4, 0.5) is 0 Å². The molecular weight excluding hydrogens is 408 g/mol. The highest BCUT2D eigenvalue weighted by atomic mass is 16.5. The number of rotatable bonds is 5. The summed E-state index contributed by atoms with van der Waals surface area (Å²) in [6, 6.07) is 15.0. The Morgan fingerprint density at radius 2 is 1.62 bits per heavy atom. The van der Waals surface area contributed by atoms with Crippen LogP contribution in [-0.4, -0.2) is 45.7 Å². The second-order valence-corrected chi connectivity index (χ2v) is 8.77. The molecule has 1 heterocycles. The van der Waals surface area contributed by atoms with Crippen molar-refractivity contribution in [3.8, 4) is 22.6 Å². The van der Waals surface area contributed by atoms with Gasteiger partial charge in [0.25, 0.3) is 0 Å². The van der Waals surface area contributed by atoms with Gasteiger partial charge in [0.2, 0.25) is 0 Å². The minimum Gasteiger partial charge on any atom is -0.456 e. The molecule has 3 aromatic rings. The second-order valence-electron chi connectivity index (χ2n) is 8.77. The van der Waals surface area contributed by atoms with Gasteiger partial charge >= 0.3 is 0 Å². The first-order chi connectivity index (χ1) is 15.4. The number of hydrogen-bond acceptors (Lipinski definition) is 6. The maximum absolute atomic E-state index is 12.7. The van der Waals surface area contributed by atoms with Crippen molar-refractivity contribution in [1.82, 2.24) is 0 Å². The molecule has 0 fully saturated rings. The van der Waals surface area contributed by atoms with Gasteiger partial charge in [-0.3, -0.25) is 4.79 Å². The predicted octanol–water partition coefficient (Wildman–Crippen LogP) is 3.13. The van der Waals surface area contributed by atoms with Gasteiger partial charge in [0.05, 0.1) is 19.1 Å². The quantitative estimate of drug-likeness (QED) is 0.461. The van der Waals surface area contributed by atoms with Gasteiger partial charge in [-0.25, -0.2) is 0 Å². The number of carbonyl (C=O) groups is 1. The van der Waals surface area contributed by atoms with Crippen molar-refractivity contribution in [3.05, 3.63) is 76.9 Å². The molecular formula is C26H24O6. The van der Waals surface area contributed by atoms with Crippen molar-refractivity contribution in [3.63, 3.8) is 0 Å². The maximum atomic E-state index is 12.7. The summed E-state index contributed by atoms with van der Waals surface area (Å²) in [7, 11) is 0. The molecule has 164 valence electrons. The predicted molar refractivity (Wildman–Crippen MR) is 119 cm³/mol. The van der Waals surface area contributed by atoms with Crippen molar-refractivity contribution in [2.75, 3.05) is 13.2 Å². The van der Waals surface area contributed by atoms with E-state index in [2.05, 4.69) is 0 Å². The summed E-state index contributed by atoms with van der Waals surface area (Å²) in [6.45, 7) is -0.460. The molecule has 6 heteroatoms. The fourth-order valence-corrected chi connectivity index (χ4v) is 4.71. The molecule has 5 rings (SSSR count). The van der Waals surface area contributed by atoms with Crippen LogP contribution in [0.2, 0.25) is 0 Å². The van der Waals surface area contributed by atoms with E-state index in [0.29, 0.717) is 23.5 Å². The number of aliphatic hydroxyl groups is 4. The minimum atomic E-state index is -1.43. The van der Waals surface area contributed by atoms with E-state index in [4.69, 9.17) is 4.42 Å². The van der Waals surface area contributed by atoms with Crippen LogP contribution < -0.4 is 0 Å². The second kappa shape index (κ2) is 7.83. The number of fused-ring (bicyclic) bond motifs is 2. The van der Waals surface area contributed by atoms with Crippen LogP contribution in [0, 0.1) is 5.41 Å². The van der Waals surface area contributed by atoms with Gasteiger partial charge in [-0.2, -0.15) is 0 Å². The summed E-state index contributed by atoms with van der Waals surface area (Å²) in [5, 5.41) is 38.4. The van der Waals surface area contributed by atoms with Crippen molar-refractivity contribution in [2.45, 2.75) is 25.0 Å². The molecule has 1 aromatic heterocycles. The zero-order valence-electron chi connectivity index (χ0n) is 17.4. The molecule has 6 nitrogen and oxygen atoms in total. The van der Waals surface area contributed by atoms with Gasteiger partial charge in [-0.05, 0) is 47.4 Å². The fourth-order valence-electron chi connectivity index (χ4n) is 4.71. The average Bonchev–Trinajstić information content (AvgIpc) is 3.46. The highest BCUT2D eigenvalue weighted by molar-refractivity contribution is 6.00. The topological polar surface area (TPSA) is 111 Å². The Kier molecular flexibility index (Phi) is 5.10. The fraction of sp³-hybridized carbons (Fsp3) is 0.269. The zero-order valence-corrected chi connectivity index (χ0v) is 17.4. The molecule has 2 aliphatic rings. The Morgan fingerprint density at radius 3 is 2.31 bits per heavy atom. The molecule has 1 unspecified atom stereocenters. The number of benzene rings is 2. The van der Waals surface area contributed by atoms with Gasteiger partial charge in [0, 0.05) is 28.5 Å². The number of ketones is 1. The zero-order chi connectivity index (χ0) is 22.5. The van der Waals surface area contributed by atoms with Gasteiger partial charge in [-0.1, -0.05) is 36.4 Å². The van der Waals surface area contributed by atoms with Crippen LogP contribution in [0.3, 0.4) is 0 Å². The van der Waals surface area contributed by atoms with Gasteiger partial charge < -0.3 is 24.8 Å². The largest absolute Gasteiger partial charge is 0.456 e. The first-order valence-electron chi connectivity index (χ1n) is 10.6. The monoisotopic (exact) mass is 432 g/mol. The summed E-state index contributed by atoms with van der Waals surface area (Å²) in [5.74, 6) is 0.799. The van der Waals surface area contributed by atoms with Gasteiger partial charge in [0.1, 0.15) is 11.5 Å². The van der Waals surface area contributed by atoms with E-state index in [1.165, 1.54) is 0 Å². The van der Waals surface area contributed by atoms with Crippen LogP contribution in [0.1, 0.15) is 39.4 Å². The third-order valence-corrected chi connectivity index (χ3v) is 6.61. The lowest BCUT2D eigenvalue weighted by Gasteiger charge is -2.34. The average molecular weight is 432 g/mol. The van der Waals surface area contributed by atoms with E-state index in [0.717, 1.165) is 27.8 Å². The number of Topliss-reactive ketones (excluding diaryl/α,β-unsaturated/α-hetero) is 1. The van der Waals surface area contributed by atoms with Crippen LogP contribution >= 0.6 is 0 Å². The summed E-state index contributed by atoms with van der Waals surface area (Å²) in [6.07, 6.45) is 2.79. The molecule has 4 N–H and O–H groups in total. The third kappa shape index (κ3) is 3.42. The number of hydrogen-bond donors (Lipinski definition) is 4. The molecule has 1 atom stereocenters. The van der Waals surface area contributed by atoms with Crippen molar-refractivity contribution < 1.29 is 29.6 Å². The van der Waals surface area contributed by atoms with Crippen LogP contribution in [0.25, 0.3) is 28.7 Å². The van der Waals surface area contributed by atoms with Gasteiger partial charge in [-0.15, -0.1) is 0 Å². The normalized spacial score (nSPS) is 18.8. The first-order valence-corrected chi connectivity index (χ1v) is 10.6. The minimum absolute atomic E-state index is 0.0889. The Morgan fingerprint density at radius 1 is 0.938 bits per heavy atom. The van der Waals surface area contributed by atoms with E-state index < -0.39 is 17.6 Å².